The molecule has 3 heteroatoms. The first-order valence-electron chi connectivity index (χ1n) is 8.64. The highest BCUT2D eigenvalue weighted by Crippen LogP contribution is 2.36. The summed E-state index contributed by atoms with van der Waals surface area (Å²) < 4.78 is 6.21. The van der Waals surface area contributed by atoms with Gasteiger partial charge in [-0.15, -0.1) is 0 Å². The van der Waals surface area contributed by atoms with E-state index >= 15 is 0 Å². The molecule has 3 atom stereocenters. The van der Waals surface area contributed by atoms with Crippen molar-refractivity contribution in [2.24, 2.45) is 5.92 Å². The summed E-state index contributed by atoms with van der Waals surface area (Å²) in [6.45, 7) is 3.29. The first-order chi connectivity index (χ1) is 10.4. The Labute approximate surface area is 127 Å². The molecule has 114 valence electrons. The van der Waals surface area contributed by atoms with Crippen molar-refractivity contribution < 1.29 is 4.74 Å². The maximum absolute atomic E-state index is 6.21. The molecular weight excluding hydrogens is 260 g/mol. The Balaban J connectivity index is 1.42. The van der Waals surface area contributed by atoms with Gasteiger partial charge in [-0.3, -0.25) is 4.90 Å². The molecule has 1 saturated heterocycles. The van der Waals surface area contributed by atoms with Crippen molar-refractivity contribution >= 4 is 5.69 Å². The second-order valence-corrected chi connectivity index (χ2v) is 6.87. The highest BCUT2D eigenvalue weighted by Gasteiger charge is 2.34. The van der Waals surface area contributed by atoms with Gasteiger partial charge in [0, 0.05) is 12.6 Å². The zero-order valence-electron chi connectivity index (χ0n) is 12.8. The lowest BCUT2D eigenvalue weighted by molar-refractivity contribution is 0.0297. The van der Waals surface area contributed by atoms with Crippen molar-refractivity contribution in [3.8, 4) is 5.75 Å². The van der Waals surface area contributed by atoms with Crippen LogP contribution in [0, 0.1) is 5.92 Å². The molecule has 4 rings (SSSR count). The maximum Gasteiger partial charge on any atom is 0.142 e. The summed E-state index contributed by atoms with van der Waals surface area (Å²) in [6, 6.07) is 9.12. The van der Waals surface area contributed by atoms with Crippen LogP contribution in [-0.4, -0.2) is 36.7 Å². The first-order valence-corrected chi connectivity index (χ1v) is 8.64. The van der Waals surface area contributed by atoms with E-state index < -0.39 is 0 Å². The molecular formula is C18H26N2O. The second kappa shape index (κ2) is 5.88. The molecule has 0 bridgehead atoms. The average molecular weight is 286 g/mol. The van der Waals surface area contributed by atoms with Gasteiger partial charge in [-0.05, 0) is 50.3 Å². The molecule has 2 aliphatic heterocycles. The van der Waals surface area contributed by atoms with Crippen molar-refractivity contribution in [2.75, 3.05) is 25.0 Å². The van der Waals surface area contributed by atoms with Crippen molar-refractivity contribution in [3.63, 3.8) is 0 Å². The summed E-state index contributed by atoms with van der Waals surface area (Å²) in [4.78, 5) is 2.73. The fourth-order valence-corrected chi connectivity index (χ4v) is 4.48. The number of para-hydroxylation sites is 2. The average Bonchev–Trinajstić information content (AvgIpc) is 2.55. The molecule has 1 aliphatic carbocycles. The highest BCUT2D eigenvalue weighted by molar-refractivity contribution is 5.57. The van der Waals surface area contributed by atoms with E-state index in [1.807, 2.05) is 0 Å². The minimum absolute atomic E-state index is 0.292. The summed E-state index contributed by atoms with van der Waals surface area (Å²) in [5.74, 6) is 1.97. The minimum Gasteiger partial charge on any atom is -0.485 e. The summed E-state index contributed by atoms with van der Waals surface area (Å²) in [7, 11) is 0. The fraction of sp³-hybridized carbons (Fsp3) is 0.667. The normalized spacial score (nSPS) is 32.5. The Kier molecular flexibility index (Phi) is 3.76. The molecule has 2 fully saturated rings. The monoisotopic (exact) mass is 286 g/mol. The summed E-state index contributed by atoms with van der Waals surface area (Å²) in [5.41, 5.74) is 1.14. The van der Waals surface area contributed by atoms with Gasteiger partial charge in [0.25, 0.3) is 0 Å². The van der Waals surface area contributed by atoms with Crippen molar-refractivity contribution in [2.45, 2.75) is 50.7 Å². The van der Waals surface area contributed by atoms with Crippen LogP contribution < -0.4 is 10.1 Å². The number of hydrogen-bond acceptors (Lipinski definition) is 3. The molecule has 0 aromatic heterocycles. The quantitative estimate of drug-likeness (QED) is 0.900. The third-order valence-electron chi connectivity index (χ3n) is 5.50. The van der Waals surface area contributed by atoms with E-state index in [0.29, 0.717) is 6.10 Å². The van der Waals surface area contributed by atoms with Gasteiger partial charge in [-0.2, -0.15) is 0 Å². The third-order valence-corrected chi connectivity index (χ3v) is 5.50. The number of nitrogens with zero attached hydrogens (tertiary/aromatic N) is 1. The van der Waals surface area contributed by atoms with Crippen LogP contribution in [0.4, 0.5) is 5.69 Å². The lowest BCUT2D eigenvalue weighted by Gasteiger charge is -2.45. The maximum atomic E-state index is 6.21. The lowest BCUT2D eigenvalue weighted by Crippen LogP contribution is -2.51. The van der Waals surface area contributed by atoms with Crippen LogP contribution >= 0.6 is 0 Å². The SMILES string of the molecule is c1ccc2c(c1)NCC(CN1CCCC3CCCCC31)O2. The summed E-state index contributed by atoms with van der Waals surface area (Å²) in [5, 5.41) is 3.52. The van der Waals surface area contributed by atoms with Gasteiger partial charge in [0.05, 0.1) is 12.2 Å². The van der Waals surface area contributed by atoms with E-state index in [2.05, 4.69) is 34.5 Å². The van der Waals surface area contributed by atoms with Crippen LogP contribution in [0.1, 0.15) is 38.5 Å². The zero-order chi connectivity index (χ0) is 14.1. The predicted octanol–water partition coefficient (Wildman–Crippen LogP) is 3.51. The van der Waals surface area contributed by atoms with Gasteiger partial charge >= 0.3 is 0 Å². The largest absolute Gasteiger partial charge is 0.485 e. The van der Waals surface area contributed by atoms with Crippen molar-refractivity contribution in [3.05, 3.63) is 24.3 Å². The zero-order valence-corrected chi connectivity index (χ0v) is 12.8. The Bertz CT molecular complexity index is 488. The van der Waals surface area contributed by atoms with Gasteiger partial charge in [0.2, 0.25) is 0 Å². The smallest absolute Gasteiger partial charge is 0.142 e. The van der Waals surface area contributed by atoms with E-state index in [1.54, 1.807) is 0 Å². The van der Waals surface area contributed by atoms with Crippen molar-refractivity contribution in [1.29, 1.82) is 0 Å². The number of nitrogens with one attached hydrogen (secondary N) is 1. The predicted molar refractivity (Wildman–Crippen MR) is 85.9 cm³/mol. The Morgan fingerprint density at radius 2 is 1.95 bits per heavy atom. The Morgan fingerprint density at radius 3 is 2.95 bits per heavy atom. The highest BCUT2D eigenvalue weighted by atomic mass is 16.5. The van der Waals surface area contributed by atoms with E-state index in [4.69, 9.17) is 4.74 Å². The van der Waals surface area contributed by atoms with Gasteiger partial charge in [-0.1, -0.05) is 25.0 Å². The van der Waals surface area contributed by atoms with Crippen LogP contribution in [0.3, 0.4) is 0 Å². The molecule has 2 heterocycles. The van der Waals surface area contributed by atoms with Gasteiger partial charge in [0.1, 0.15) is 11.9 Å². The third kappa shape index (κ3) is 2.76. The minimum atomic E-state index is 0.292. The number of benzene rings is 1. The lowest BCUT2D eigenvalue weighted by atomic mass is 9.78. The topological polar surface area (TPSA) is 24.5 Å². The van der Waals surface area contributed by atoms with Crippen LogP contribution in [0.5, 0.6) is 5.75 Å². The van der Waals surface area contributed by atoms with E-state index in [9.17, 15) is 0 Å². The molecule has 3 aliphatic rings. The molecule has 0 spiro atoms. The summed E-state index contributed by atoms with van der Waals surface area (Å²) >= 11 is 0. The molecule has 1 aromatic carbocycles. The standard InChI is InChI=1S/C18H26N2O/c1-3-9-17-14(6-1)7-5-11-20(17)13-15-12-19-16-8-2-4-10-18(16)21-15/h2,4,8,10,14-15,17,19H,1,3,5-7,9,11-13H2. The van der Waals surface area contributed by atoms with Crippen LogP contribution in [0.2, 0.25) is 0 Å². The van der Waals surface area contributed by atoms with Crippen LogP contribution in [0.15, 0.2) is 24.3 Å². The molecule has 3 nitrogen and oxygen atoms in total. The second-order valence-electron chi connectivity index (χ2n) is 6.87. The fourth-order valence-electron chi connectivity index (χ4n) is 4.48. The van der Waals surface area contributed by atoms with Crippen LogP contribution in [0.25, 0.3) is 0 Å². The molecule has 1 N–H and O–H groups in total. The molecule has 0 radical (unpaired) electrons. The molecule has 1 saturated carbocycles. The number of fused-ring (bicyclic) bond motifs is 2. The van der Waals surface area contributed by atoms with Gasteiger partial charge in [0.15, 0.2) is 0 Å². The summed E-state index contributed by atoms with van der Waals surface area (Å²) in [6.07, 6.45) is 8.84. The number of rotatable bonds is 2. The number of ether oxygens (including phenoxy) is 1. The van der Waals surface area contributed by atoms with Crippen LogP contribution in [-0.2, 0) is 0 Å². The van der Waals surface area contributed by atoms with Gasteiger partial charge < -0.3 is 10.1 Å². The Hall–Kier alpha value is -1.22. The number of hydrogen-bond donors (Lipinski definition) is 1. The van der Waals surface area contributed by atoms with Gasteiger partial charge in [-0.25, -0.2) is 0 Å². The molecule has 0 amide bonds. The van der Waals surface area contributed by atoms with Crippen molar-refractivity contribution in [1.82, 2.24) is 4.90 Å². The number of anilines is 1. The number of piperidine rings is 1. The van der Waals surface area contributed by atoms with E-state index in [1.165, 1.54) is 45.1 Å². The molecule has 21 heavy (non-hydrogen) atoms. The first kappa shape index (κ1) is 13.4. The molecule has 3 unspecified atom stereocenters. The Morgan fingerprint density at radius 1 is 1.10 bits per heavy atom. The van der Waals surface area contributed by atoms with E-state index in [0.717, 1.165) is 36.5 Å². The number of likely N-dealkylation sites (tertiary alicyclic amines) is 1. The molecule has 1 aromatic rings. The van der Waals surface area contributed by atoms with E-state index in [-0.39, 0.29) is 0 Å².